The SMILES string of the molecule is COc1ccc(-c2nnc(SCC(=O)NCCNc3ccccc3[N+](=O)[O-])o2)cc1. The number of thioether (sulfide) groups is 1. The van der Waals surface area contributed by atoms with Gasteiger partial charge < -0.3 is 19.8 Å². The number of methoxy groups -OCH3 is 1. The van der Waals surface area contributed by atoms with E-state index in [0.29, 0.717) is 24.7 Å². The summed E-state index contributed by atoms with van der Waals surface area (Å²) in [5.41, 5.74) is 1.15. The zero-order chi connectivity index (χ0) is 21.3. The smallest absolute Gasteiger partial charge is 0.292 e. The van der Waals surface area contributed by atoms with Crippen LogP contribution in [0.1, 0.15) is 0 Å². The van der Waals surface area contributed by atoms with E-state index in [-0.39, 0.29) is 22.6 Å². The lowest BCUT2D eigenvalue weighted by Gasteiger charge is -2.07. The van der Waals surface area contributed by atoms with Gasteiger partial charge in [0.05, 0.1) is 17.8 Å². The number of nitrogens with zero attached hydrogens (tertiary/aromatic N) is 3. The van der Waals surface area contributed by atoms with Gasteiger partial charge in [-0.05, 0) is 30.3 Å². The second-order valence-electron chi connectivity index (χ2n) is 5.94. The number of amides is 1. The van der Waals surface area contributed by atoms with Crippen LogP contribution >= 0.6 is 11.8 Å². The molecule has 0 aliphatic rings. The van der Waals surface area contributed by atoms with E-state index in [0.717, 1.165) is 23.1 Å². The quantitative estimate of drug-likeness (QED) is 0.216. The highest BCUT2D eigenvalue weighted by Crippen LogP contribution is 2.25. The van der Waals surface area contributed by atoms with Crippen LogP contribution in [0.15, 0.2) is 58.2 Å². The number of carbonyl (C=O) groups is 1. The predicted molar refractivity (Wildman–Crippen MR) is 112 cm³/mol. The van der Waals surface area contributed by atoms with Crippen LogP contribution < -0.4 is 15.4 Å². The third-order valence-corrected chi connectivity index (χ3v) is 4.75. The molecule has 30 heavy (non-hydrogen) atoms. The average molecular weight is 429 g/mol. The molecule has 2 aromatic carbocycles. The first-order chi connectivity index (χ1) is 14.6. The minimum Gasteiger partial charge on any atom is -0.497 e. The Labute approximate surface area is 176 Å². The minimum atomic E-state index is -0.456. The second-order valence-corrected chi connectivity index (χ2v) is 6.87. The third kappa shape index (κ3) is 5.70. The van der Waals surface area contributed by atoms with Crippen LogP contribution in [0.4, 0.5) is 11.4 Å². The van der Waals surface area contributed by atoms with E-state index >= 15 is 0 Å². The van der Waals surface area contributed by atoms with Gasteiger partial charge in [-0.25, -0.2) is 0 Å². The maximum atomic E-state index is 12.0. The summed E-state index contributed by atoms with van der Waals surface area (Å²) in [5, 5.41) is 24.8. The number of hydrogen-bond acceptors (Lipinski definition) is 9. The number of anilines is 1. The highest BCUT2D eigenvalue weighted by molar-refractivity contribution is 7.99. The van der Waals surface area contributed by atoms with Crippen molar-refractivity contribution >= 4 is 29.0 Å². The molecule has 0 spiro atoms. The molecule has 0 atom stereocenters. The Balaban J connectivity index is 1.41. The van der Waals surface area contributed by atoms with Crippen LogP contribution in [-0.2, 0) is 4.79 Å². The lowest BCUT2D eigenvalue weighted by atomic mass is 10.2. The lowest BCUT2D eigenvalue weighted by Crippen LogP contribution is -2.30. The Morgan fingerprint density at radius 2 is 1.93 bits per heavy atom. The molecule has 3 rings (SSSR count). The van der Waals surface area contributed by atoms with Gasteiger partial charge in [0.15, 0.2) is 0 Å². The number of benzene rings is 2. The fourth-order valence-corrected chi connectivity index (χ4v) is 3.07. The van der Waals surface area contributed by atoms with Crippen LogP contribution in [0.5, 0.6) is 5.75 Å². The number of nitrogens with one attached hydrogen (secondary N) is 2. The molecule has 0 bridgehead atoms. The number of nitro groups is 1. The molecule has 0 aliphatic carbocycles. The van der Waals surface area contributed by atoms with E-state index in [1.807, 2.05) is 0 Å². The predicted octanol–water partition coefficient (Wildman–Crippen LogP) is 2.97. The van der Waals surface area contributed by atoms with Gasteiger partial charge in [0.2, 0.25) is 11.8 Å². The average Bonchev–Trinajstić information content (AvgIpc) is 3.24. The summed E-state index contributed by atoms with van der Waals surface area (Å²) in [6.45, 7) is 0.663. The highest BCUT2D eigenvalue weighted by atomic mass is 32.2. The van der Waals surface area contributed by atoms with E-state index in [4.69, 9.17) is 9.15 Å². The van der Waals surface area contributed by atoms with Gasteiger partial charge in [-0.1, -0.05) is 23.9 Å². The molecule has 0 aliphatic heterocycles. The van der Waals surface area contributed by atoms with Gasteiger partial charge in [0.1, 0.15) is 11.4 Å². The highest BCUT2D eigenvalue weighted by Gasteiger charge is 2.13. The largest absolute Gasteiger partial charge is 0.497 e. The van der Waals surface area contributed by atoms with Gasteiger partial charge in [0, 0.05) is 24.7 Å². The molecule has 156 valence electrons. The number of nitro benzene ring substituents is 1. The van der Waals surface area contributed by atoms with Crippen molar-refractivity contribution in [2.45, 2.75) is 5.22 Å². The number of para-hydroxylation sites is 2. The van der Waals surface area contributed by atoms with Crippen molar-refractivity contribution in [1.29, 1.82) is 0 Å². The number of carbonyl (C=O) groups excluding carboxylic acids is 1. The van der Waals surface area contributed by atoms with Gasteiger partial charge in [-0.3, -0.25) is 14.9 Å². The third-order valence-electron chi connectivity index (χ3n) is 3.93. The molecule has 0 saturated carbocycles. The maximum Gasteiger partial charge on any atom is 0.292 e. The molecule has 2 N–H and O–H groups in total. The molecular weight excluding hydrogens is 410 g/mol. The fourth-order valence-electron chi connectivity index (χ4n) is 2.48. The molecule has 10 nitrogen and oxygen atoms in total. The summed E-state index contributed by atoms with van der Waals surface area (Å²) in [6, 6.07) is 13.5. The van der Waals surface area contributed by atoms with Crippen molar-refractivity contribution in [2.75, 3.05) is 31.3 Å². The van der Waals surface area contributed by atoms with E-state index in [2.05, 4.69) is 20.8 Å². The summed E-state index contributed by atoms with van der Waals surface area (Å²) < 4.78 is 10.7. The molecule has 1 amide bonds. The van der Waals surface area contributed by atoms with Gasteiger partial charge in [-0.2, -0.15) is 0 Å². The van der Waals surface area contributed by atoms with E-state index < -0.39 is 4.92 Å². The van der Waals surface area contributed by atoms with Gasteiger partial charge >= 0.3 is 0 Å². The van der Waals surface area contributed by atoms with Crippen molar-refractivity contribution in [2.24, 2.45) is 0 Å². The standard InChI is InChI=1S/C19H19N5O5S/c1-28-14-8-6-13(7-9-14)18-22-23-19(29-18)30-12-17(25)21-11-10-20-15-4-2-3-5-16(15)24(26)27/h2-9,20H,10-12H2,1H3,(H,21,25). The van der Waals surface area contributed by atoms with Crippen LogP contribution in [0.25, 0.3) is 11.5 Å². The van der Waals surface area contributed by atoms with Crippen LogP contribution in [0, 0.1) is 10.1 Å². The topological polar surface area (TPSA) is 132 Å². The first kappa shape index (κ1) is 21.1. The Morgan fingerprint density at radius 1 is 1.17 bits per heavy atom. The van der Waals surface area contributed by atoms with Gasteiger partial charge in [-0.15, -0.1) is 10.2 Å². The maximum absolute atomic E-state index is 12.0. The Kier molecular flexibility index (Phi) is 7.22. The summed E-state index contributed by atoms with van der Waals surface area (Å²) in [4.78, 5) is 22.5. The van der Waals surface area contributed by atoms with Crippen LogP contribution in [-0.4, -0.2) is 47.0 Å². The molecular formula is C19H19N5O5S. The van der Waals surface area contributed by atoms with Crippen molar-refractivity contribution in [3.05, 3.63) is 58.6 Å². The minimum absolute atomic E-state index is 0.0107. The summed E-state index contributed by atoms with van der Waals surface area (Å²) in [5.74, 6) is 0.971. The van der Waals surface area contributed by atoms with E-state index in [1.165, 1.54) is 6.07 Å². The molecule has 0 radical (unpaired) electrons. The Bertz CT molecular complexity index is 1010. The van der Waals surface area contributed by atoms with E-state index in [1.54, 1.807) is 49.6 Å². The Morgan fingerprint density at radius 3 is 2.67 bits per heavy atom. The van der Waals surface area contributed by atoms with Gasteiger partial charge in [0.25, 0.3) is 10.9 Å². The van der Waals surface area contributed by atoms with Crippen molar-refractivity contribution in [3.63, 3.8) is 0 Å². The second kappa shape index (κ2) is 10.3. The molecule has 11 heteroatoms. The lowest BCUT2D eigenvalue weighted by molar-refractivity contribution is -0.384. The number of ether oxygens (including phenoxy) is 1. The number of hydrogen-bond donors (Lipinski definition) is 2. The van der Waals surface area contributed by atoms with Crippen molar-refractivity contribution < 1.29 is 18.9 Å². The first-order valence-electron chi connectivity index (χ1n) is 8.91. The summed E-state index contributed by atoms with van der Waals surface area (Å²) in [7, 11) is 1.59. The Hall–Kier alpha value is -3.60. The first-order valence-corrected chi connectivity index (χ1v) is 9.90. The number of aromatic nitrogens is 2. The molecule has 1 heterocycles. The van der Waals surface area contributed by atoms with Crippen LogP contribution in [0.3, 0.4) is 0 Å². The zero-order valence-corrected chi connectivity index (χ0v) is 16.8. The zero-order valence-electron chi connectivity index (χ0n) is 16.0. The van der Waals surface area contributed by atoms with Crippen molar-refractivity contribution in [3.8, 4) is 17.2 Å². The monoisotopic (exact) mass is 429 g/mol. The normalized spacial score (nSPS) is 10.4. The van der Waals surface area contributed by atoms with E-state index in [9.17, 15) is 14.9 Å². The van der Waals surface area contributed by atoms with Crippen molar-refractivity contribution in [1.82, 2.24) is 15.5 Å². The fraction of sp³-hybridized carbons (Fsp3) is 0.211. The van der Waals surface area contributed by atoms with Crippen LogP contribution in [0.2, 0.25) is 0 Å². The molecule has 0 unspecified atom stereocenters. The molecule has 0 saturated heterocycles. The molecule has 3 aromatic rings. The molecule has 1 aromatic heterocycles. The number of rotatable bonds is 10. The molecule has 0 fully saturated rings. The summed E-state index contributed by atoms with van der Waals surface area (Å²) in [6.07, 6.45) is 0. The summed E-state index contributed by atoms with van der Waals surface area (Å²) >= 11 is 1.13.